The Kier molecular flexibility index (Phi) is 6.65. The Bertz CT molecular complexity index is 2440. The van der Waals surface area contributed by atoms with Gasteiger partial charge in [-0.25, -0.2) is 15.0 Å². The van der Waals surface area contributed by atoms with Gasteiger partial charge in [0.1, 0.15) is 0 Å². The van der Waals surface area contributed by atoms with E-state index in [-0.39, 0.29) is 0 Å². The second-order valence-corrected chi connectivity index (χ2v) is 12.2. The second kappa shape index (κ2) is 11.4. The third-order valence-electron chi connectivity index (χ3n) is 9.29. The Hall–Kier alpha value is -6.39. The quantitative estimate of drug-likeness (QED) is 0.198. The Morgan fingerprint density at radius 1 is 0.542 bits per heavy atom. The summed E-state index contributed by atoms with van der Waals surface area (Å²) in [5, 5.41) is 2.33. The summed E-state index contributed by atoms with van der Waals surface area (Å²) in [4.78, 5) is 17.2. The zero-order valence-corrected chi connectivity index (χ0v) is 26.2. The van der Waals surface area contributed by atoms with Crippen molar-refractivity contribution in [3.05, 3.63) is 181 Å². The molecule has 4 nitrogen and oxygen atoms in total. The molecule has 2 heterocycles. The van der Waals surface area contributed by atoms with Gasteiger partial charge < -0.3 is 4.90 Å². The van der Waals surface area contributed by atoms with E-state index in [2.05, 4.69) is 139 Å². The van der Waals surface area contributed by atoms with E-state index in [4.69, 9.17) is 15.0 Å². The summed E-state index contributed by atoms with van der Waals surface area (Å²) in [6.07, 6.45) is 7.34. The molecular weight excluding hydrogens is 585 g/mol. The van der Waals surface area contributed by atoms with E-state index < -0.39 is 0 Å². The molecule has 2 bridgehead atoms. The zero-order chi connectivity index (χ0) is 32.0. The van der Waals surface area contributed by atoms with E-state index in [1.54, 1.807) is 0 Å². The van der Waals surface area contributed by atoms with E-state index >= 15 is 0 Å². The number of nitrogens with zero attached hydrogens (tertiary/aromatic N) is 4. The number of benzene rings is 6. The van der Waals surface area contributed by atoms with E-state index in [1.165, 1.54) is 33.2 Å². The lowest BCUT2D eigenvalue weighted by Gasteiger charge is -2.27. The Morgan fingerprint density at radius 3 is 2.00 bits per heavy atom. The number of allylic oxidation sites excluding steroid dienone is 4. The van der Waals surface area contributed by atoms with Gasteiger partial charge in [0.2, 0.25) is 0 Å². The lowest BCUT2D eigenvalue weighted by Crippen LogP contribution is -2.12. The molecule has 0 radical (unpaired) electrons. The van der Waals surface area contributed by atoms with E-state index in [0.29, 0.717) is 17.5 Å². The molecule has 1 aromatic heterocycles. The predicted molar refractivity (Wildman–Crippen MR) is 198 cm³/mol. The number of rotatable bonds is 4. The normalized spacial score (nSPS) is 15.1. The maximum absolute atomic E-state index is 5.01. The van der Waals surface area contributed by atoms with Crippen LogP contribution in [0.25, 0.3) is 61.6 Å². The van der Waals surface area contributed by atoms with Gasteiger partial charge in [0.25, 0.3) is 0 Å². The lowest BCUT2D eigenvalue weighted by atomic mass is 9.91. The first kappa shape index (κ1) is 27.9. The summed E-state index contributed by atoms with van der Waals surface area (Å²) < 4.78 is 0. The highest BCUT2D eigenvalue weighted by atomic mass is 15.1. The van der Waals surface area contributed by atoms with Crippen molar-refractivity contribution in [2.75, 3.05) is 4.90 Å². The molecule has 0 saturated heterocycles. The molecule has 0 amide bonds. The van der Waals surface area contributed by atoms with E-state index in [9.17, 15) is 0 Å². The number of aromatic nitrogens is 3. The van der Waals surface area contributed by atoms with Crippen LogP contribution in [0.1, 0.15) is 11.1 Å². The first-order valence-corrected chi connectivity index (χ1v) is 16.2. The Morgan fingerprint density at radius 2 is 1.19 bits per heavy atom. The third kappa shape index (κ3) is 4.83. The fourth-order valence-electron chi connectivity index (χ4n) is 6.85. The SMILES string of the molecule is C=C1/C2=C\C=C/N(c3ccc(-c4nc(-c5ccccc5)nc(-c5ccc6ccccc6c5)n4)cc3)c3cccc(c31)-c1ccccc1C2. The molecule has 7 aromatic rings. The number of hydrogen-bond donors (Lipinski definition) is 0. The van der Waals surface area contributed by atoms with Crippen molar-refractivity contribution >= 4 is 27.7 Å². The molecule has 48 heavy (non-hydrogen) atoms. The monoisotopic (exact) mass is 614 g/mol. The molecule has 0 spiro atoms. The van der Waals surface area contributed by atoms with Crippen molar-refractivity contribution in [3.63, 3.8) is 0 Å². The molecule has 6 aromatic carbocycles. The molecule has 9 rings (SSSR count). The highest BCUT2D eigenvalue weighted by Crippen LogP contribution is 2.46. The van der Waals surface area contributed by atoms with Crippen LogP contribution in [0.3, 0.4) is 0 Å². The molecule has 1 aliphatic carbocycles. The second-order valence-electron chi connectivity index (χ2n) is 12.2. The van der Waals surface area contributed by atoms with Gasteiger partial charge in [-0.2, -0.15) is 0 Å². The maximum Gasteiger partial charge on any atom is 0.164 e. The van der Waals surface area contributed by atoms with Gasteiger partial charge in [-0.05, 0) is 87.5 Å². The minimum Gasteiger partial charge on any atom is -0.317 e. The third-order valence-corrected chi connectivity index (χ3v) is 9.29. The molecule has 0 fully saturated rings. The zero-order valence-electron chi connectivity index (χ0n) is 26.2. The van der Waals surface area contributed by atoms with Crippen LogP contribution in [0.2, 0.25) is 0 Å². The smallest absolute Gasteiger partial charge is 0.164 e. The van der Waals surface area contributed by atoms with Gasteiger partial charge in [0.05, 0.1) is 5.69 Å². The van der Waals surface area contributed by atoms with Crippen molar-refractivity contribution in [3.8, 4) is 45.3 Å². The van der Waals surface area contributed by atoms with Gasteiger partial charge in [0.15, 0.2) is 17.5 Å². The van der Waals surface area contributed by atoms with Crippen molar-refractivity contribution in [2.24, 2.45) is 0 Å². The summed E-state index contributed by atoms with van der Waals surface area (Å²) >= 11 is 0. The molecule has 0 atom stereocenters. The summed E-state index contributed by atoms with van der Waals surface area (Å²) in [6.45, 7) is 4.61. The summed E-state index contributed by atoms with van der Waals surface area (Å²) in [5.41, 5.74) is 12.3. The Labute approximate surface area is 279 Å². The van der Waals surface area contributed by atoms with Crippen LogP contribution in [0.5, 0.6) is 0 Å². The van der Waals surface area contributed by atoms with E-state index in [0.717, 1.165) is 45.4 Å². The van der Waals surface area contributed by atoms with Gasteiger partial charge in [0, 0.05) is 34.1 Å². The molecule has 2 aliphatic rings. The minimum atomic E-state index is 0.632. The molecule has 0 N–H and O–H groups in total. The van der Waals surface area contributed by atoms with E-state index in [1.807, 2.05) is 30.3 Å². The fraction of sp³-hybridized carbons (Fsp3) is 0.0227. The molecule has 0 unspecified atom stereocenters. The van der Waals surface area contributed by atoms with Gasteiger partial charge in [-0.3, -0.25) is 0 Å². The number of fused-ring (bicyclic) bond motifs is 4. The van der Waals surface area contributed by atoms with Crippen molar-refractivity contribution < 1.29 is 0 Å². The molecule has 0 saturated carbocycles. The molecule has 226 valence electrons. The van der Waals surface area contributed by atoms with Crippen LogP contribution < -0.4 is 4.90 Å². The highest BCUT2D eigenvalue weighted by Gasteiger charge is 2.25. The van der Waals surface area contributed by atoms with Gasteiger partial charge in [-0.1, -0.05) is 116 Å². The average Bonchev–Trinajstić information content (AvgIpc) is 3.27. The number of anilines is 2. The number of hydrogen-bond acceptors (Lipinski definition) is 4. The maximum atomic E-state index is 5.01. The molecule has 4 heteroatoms. The first-order valence-electron chi connectivity index (χ1n) is 16.2. The van der Waals surface area contributed by atoms with Crippen LogP contribution in [-0.4, -0.2) is 15.0 Å². The largest absolute Gasteiger partial charge is 0.317 e. The molecule has 1 aliphatic heterocycles. The van der Waals surface area contributed by atoms with Crippen molar-refractivity contribution in [1.82, 2.24) is 15.0 Å². The van der Waals surface area contributed by atoms with Crippen LogP contribution >= 0.6 is 0 Å². The summed E-state index contributed by atoms with van der Waals surface area (Å²) in [6, 6.07) is 48.5. The average molecular weight is 615 g/mol. The minimum absolute atomic E-state index is 0.632. The summed E-state index contributed by atoms with van der Waals surface area (Å²) in [7, 11) is 0. The topological polar surface area (TPSA) is 41.9 Å². The van der Waals surface area contributed by atoms with Crippen LogP contribution in [0, 0.1) is 0 Å². The first-order chi connectivity index (χ1) is 23.7. The van der Waals surface area contributed by atoms with Crippen LogP contribution in [0.15, 0.2) is 170 Å². The van der Waals surface area contributed by atoms with Crippen molar-refractivity contribution in [2.45, 2.75) is 6.42 Å². The molecular formula is C44H30N4. The lowest BCUT2D eigenvalue weighted by molar-refractivity contribution is 1.07. The highest BCUT2D eigenvalue weighted by molar-refractivity contribution is 5.98. The van der Waals surface area contributed by atoms with Crippen LogP contribution in [0.4, 0.5) is 11.4 Å². The van der Waals surface area contributed by atoms with Crippen LogP contribution in [-0.2, 0) is 6.42 Å². The fourth-order valence-corrected chi connectivity index (χ4v) is 6.85. The van der Waals surface area contributed by atoms with Gasteiger partial charge >= 0.3 is 0 Å². The standard InChI is InChI=1S/C44H30N4/c1-29-33-16-10-26-48(40-19-9-18-39(41(29)40)38-17-8-7-15-35(38)27-33)37-24-22-32(23-25-37)43-45-42(31-12-3-2-4-13-31)46-44(47-43)36-21-20-30-11-5-6-14-34(30)28-36/h2-26,28H,1,27H2/b26-10-,33-16-. The van der Waals surface area contributed by atoms with Crippen molar-refractivity contribution in [1.29, 1.82) is 0 Å². The Balaban J connectivity index is 1.14. The van der Waals surface area contributed by atoms with Gasteiger partial charge in [-0.15, -0.1) is 0 Å². The predicted octanol–water partition coefficient (Wildman–Crippen LogP) is 10.9. The summed E-state index contributed by atoms with van der Waals surface area (Å²) in [5.74, 6) is 1.93.